The lowest BCUT2D eigenvalue weighted by atomic mass is 10.3. The smallest absolute Gasteiger partial charge is 0.240 e. The summed E-state index contributed by atoms with van der Waals surface area (Å²) in [7, 11) is -3.35. The van der Waals surface area contributed by atoms with Crippen LogP contribution in [0, 0.1) is 0 Å². The molecule has 1 aliphatic rings. The molecule has 1 aliphatic heterocycles. The van der Waals surface area contributed by atoms with Gasteiger partial charge >= 0.3 is 0 Å². The Hall–Kier alpha value is -1.11. The van der Waals surface area contributed by atoms with Gasteiger partial charge in [0.25, 0.3) is 0 Å². The summed E-state index contributed by atoms with van der Waals surface area (Å²) in [6, 6.07) is 6.92. The quantitative estimate of drug-likeness (QED) is 0.720. The van der Waals surface area contributed by atoms with Crippen LogP contribution < -0.4 is 10.0 Å². The number of rotatable bonds is 8. The number of benzene rings is 1. The zero-order valence-electron chi connectivity index (χ0n) is 12.6. The van der Waals surface area contributed by atoms with Crippen LogP contribution in [-0.4, -0.2) is 46.0 Å². The Kier molecular flexibility index (Phi) is 6.02. The van der Waals surface area contributed by atoms with Gasteiger partial charge in [0.15, 0.2) is 0 Å². The Morgan fingerprint density at radius 3 is 2.43 bits per heavy atom. The molecule has 0 aromatic heterocycles. The van der Waals surface area contributed by atoms with E-state index < -0.39 is 10.0 Å². The minimum atomic E-state index is -3.35. The summed E-state index contributed by atoms with van der Waals surface area (Å²) in [5.74, 6) is 0. The molecular formula is C15H25N3O2S. The third-order valence-electron chi connectivity index (χ3n) is 3.68. The van der Waals surface area contributed by atoms with Gasteiger partial charge in [-0.1, -0.05) is 6.92 Å². The molecule has 1 aromatic carbocycles. The first kappa shape index (κ1) is 16.3. The second kappa shape index (κ2) is 7.77. The molecular weight excluding hydrogens is 286 g/mol. The molecule has 6 heteroatoms. The molecule has 2 N–H and O–H groups in total. The molecule has 1 fully saturated rings. The van der Waals surface area contributed by atoms with Crippen LogP contribution >= 0.6 is 0 Å². The van der Waals surface area contributed by atoms with Gasteiger partial charge in [0.2, 0.25) is 10.0 Å². The van der Waals surface area contributed by atoms with E-state index in [-0.39, 0.29) is 0 Å². The largest absolute Gasteiger partial charge is 0.385 e. The summed E-state index contributed by atoms with van der Waals surface area (Å²) in [5, 5.41) is 3.34. The topological polar surface area (TPSA) is 61.4 Å². The van der Waals surface area contributed by atoms with Gasteiger partial charge in [0.1, 0.15) is 0 Å². The van der Waals surface area contributed by atoms with E-state index in [1.165, 1.54) is 25.9 Å². The lowest BCUT2D eigenvalue weighted by Crippen LogP contribution is -2.23. The molecule has 1 saturated heterocycles. The first-order valence-electron chi connectivity index (χ1n) is 7.68. The summed E-state index contributed by atoms with van der Waals surface area (Å²) in [6.45, 7) is 6.69. The van der Waals surface area contributed by atoms with E-state index in [1.807, 2.05) is 12.1 Å². The standard InChI is InChI=1S/C15H25N3O2S/c1-2-17-21(19,20)15-8-6-14(7-9-15)16-10-5-13-18-11-3-4-12-18/h6-9,16-17H,2-5,10-13H2,1H3. The van der Waals surface area contributed by atoms with Gasteiger partial charge in [-0.15, -0.1) is 0 Å². The second-order valence-electron chi connectivity index (χ2n) is 5.35. The highest BCUT2D eigenvalue weighted by Gasteiger charge is 2.12. The van der Waals surface area contributed by atoms with Crippen molar-refractivity contribution in [3.05, 3.63) is 24.3 Å². The minimum absolute atomic E-state index is 0.312. The Labute approximate surface area is 127 Å². The summed E-state index contributed by atoms with van der Waals surface area (Å²) in [6.07, 6.45) is 3.77. The first-order valence-corrected chi connectivity index (χ1v) is 9.16. The van der Waals surface area contributed by atoms with Gasteiger partial charge in [-0.3, -0.25) is 0 Å². The Morgan fingerprint density at radius 1 is 1.14 bits per heavy atom. The van der Waals surface area contributed by atoms with E-state index >= 15 is 0 Å². The highest BCUT2D eigenvalue weighted by molar-refractivity contribution is 7.89. The lowest BCUT2D eigenvalue weighted by Gasteiger charge is -2.14. The molecule has 0 atom stereocenters. The van der Waals surface area contributed by atoms with E-state index in [2.05, 4.69) is 14.9 Å². The maximum absolute atomic E-state index is 11.8. The molecule has 0 unspecified atom stereocenters. The molecule has 2 rings (SSSR count). The van der Waals surface area contributed by atoms with E-state index in [0.29, 0.717) is 11.4 Å². The van der Waals surface area contributed by atoms with Crippen molar-refractivity contribution in [3.8, 4) is 0 Å². The predicted molar refractivity (Wildman–Crippen MR) is 86.1 cm³/mol. The first-order chi connectivity index (χ1) is 10.1. The Bertz CT molecular complexity index is 522. The van der Waals surface area contributed by atoms with Crippen molar-refractivity contribution in [1.29, 1.82) is 0 Å². The normalized spacial score (nSPS) is 16.2. The van der Waals surface area contributed by atoms with Crippen LogP contribution in [0.3, 0.4) is 0 Å². The minimum Gasteiger partial charge on any atom is -0.385 e. The van der Waals surface area contributed by atoms with Crippen LogP contribution in [0.15, 0.2) is 29.2 Å². The van der Waals surface area contributed by atoms with E-state index in [0.717, 1.165) is 25.2 Å². The summed E-state index contributed by atoms with van der Waals surface area (Å²) < 4.78 is 26.1. The molecule has 0 amide bonds. The maximum atomic E-state index is 11.8. The Balaban J connectivity index is 1.77. The number of sulfonamides is 1. The molecule has 0 saturated carbocycles. The molecule has 5 nitrogen and oxygen atoms in total. The summed E-state index contributed by atoms with van der Waals surface area (Å²) in [4.78, 5) is 2.81. The van der Waals surface area contributed by atoms with E-state index in [4.69, 9.17) is 0 Å². The van der Waals surface area contributed by atoms with Crippen LogP contribution in [0.2, 0.25) is 0 Å². The lowest BCUT2D eigenvalue weighted by molar-refractivity contribution is 0.337. The third kappa shape index (κ3) is 4.98. The zero-order chi connectivity index (χ0) is 15.1. The molecule has 1 heterocycles. The van der Waals surface area contributed by atoms with Crippen molar-refractivity contribution in [2.75, 3.05) is 38.0 Å². The Morgan fingerprint density at radius 2 is 1.81 bits per heavy atom. The molecule has 1 aromatic rings. The van der Waals surface area contributed by atoms with Gasteiger partial charge in [0.05, 0.1) is 4.90 Å². The van der Waals surface area contributed by atoms with Crippen molar-refractivity contribution in [2.24, 2.45) is 0 Å². The van der Waals surface area contributed by atoms with Crippen molar-refractivity contribution in [3.63, 3.8) is 0 Å². The SMILES string of the molecule is CCNS(=O)(=O)c1ccc(NCCCN2CCCC2)cc1. The highest BCUT2D eigenvalue weighted by Crippen LogP contribution is 2.14. The fraction of sp³-hybridized carbons (Fsp3) is 0.600. The molecule has 0 radical (unpaired) electrons. The van der Waals surface area contributed by atoms with Gasteiger partial charge in [-0.25, -0.2) is 13.1 Å². The van der Waals surface area contributed by atoms with Crippen molar-refractivity contribution < 1.29 is 8.42 Å². The second-order valence-corrected chi connectivity index (χ2v) is 7.12. The highest BCUT2D eigenvalue weighted by atomic mass is 32.2. The van der Waals surface area contributed by atoms with E-state index in [1.54, 1.807) is 19.1 Å². The molecule has 21 heavy (non-hydrogen) atoms. The number of anilines is 1. The van der Waals surface area contributed by atoms with Crippen LogP contribution in [0.4, 0.5) is 5.69 Å². The maximum Gasteiger partial charge on any atom is 0.240 e. The molecule has 0 bridgehead atoms. The predicted octanol–water partition coefficient (Wildman–Crippen LogP) is 1.88. The number of nitrogens with zero attached hydrogens (tertiary/aromatic N) is 1. The van der Waals surface area contributed by atoms with Gasteiger partial charge in [0, 0.05) is 18.8 Å². The average molecular weight is 311 g/mol. The fourth-order valence-corrected chi connectivity index (χ4v) is 3.61. The number of hydrogen-bond donors (Lipinski definition) is 2. The summed E-state index contributed by atoms with van der Waals surface area (Å²) in [5.41, 5.74) is 0.965. The zero-order valence-corrected chi connectivity index (χ0v) is 13.5. The van der Waals surface area contributed by atoms with Crippen LogP contribution in [0.5, 0.6) is 0 Å². The van der Waals surface area contributed by atoms with Crippen molar-refractivity contribution in [1.82, 2.24) is 9.62 Å². The van der Waals surface area contributed by atoms with Crippen molar-refractivity contribution in [2.45, 2.75) is 31.1 Å². The van der Waals surface area contributed by atoms with Crippen molar-refractivity contribution >= 4 is 15.7 Å². The van der Waals surface area contributed by atoms with Gasteiger partial charge < -0.3 is 10.2 Å². The van der Waals surface area contributed by atoms with Gasteiger partial charge in [-0.05, 0) is 63.2 Å². The summed E-state index contributed by atoms with van der Waals surface area (Å²) >= 11 is 0. The van der Waals surface area contributed by atoms with Crippen LogP contribution in [0.25, 0.3) is 0 Å². The number of nitrogens with one attached hydrogen (secondary N) is 2. The number of hydrogen-bond acceptors (Lipinski definition) is 4. The molecule has 0 aliphatic carbocycles. The molecule has 118 valence electrons. The fourth-order valence-electron chi connectivity index (χ4n) is 2.57. The number of likely N-dealkylation sites (tertiary alicyclic amines) is 1. The molecule has 0 spiro atoms. The van der Waals surface area contributed by atoms with Crippen LogP contribution in [0.1, 0.15) is 26.2 Å². The van der Waals surface area contributed by atoms with E-state index in [9.17, 15) is 8.42 Å². The average Bonchev–Trinajstić information content (AvgIpc) is 2.97. The van der Waals surface area contributed by atoms with Crippen LogP contribution in [-0.2, 0) is 10.0 Å². The third-order valence-corrected chi connectivity index (χ3v) is 5.24. The monoisotopic (exact) mass is 311 g/mol. The van der Waals surface area contributed by atoms with Gasteiger partial charge in [-0.2, -0.15) is 0 Å².